The number of benzene rings is 1. The highest BCUT2D eigenvalue weighted by atomic mass is 32.1. The van der Waals surface area contributed by atoms with Gasteiger partial charge in [-0.05, 0) is 30.0 Å². The summed E-state index contributed by atoms with van der Waals surface area (Å²) in [6.45, 7) is 2.73. The predicted molar refractivity (Wildman–Crippen MR) is 82.0 cm³/mol. The lowest BCUT2D eigenvalue weighted by molar-refractivity contribution is 0.414. The van der Waals surface area contributed by atoms with Gasteiger partial charge in [0, 0.05) is 30.2 Å². The summed E-state index contributed by atoms with van der Waals surface area (Å²) in [5.41, 5.74) is 8.09. The number of nitrogens with two attached hydrogens (primary N) is 1. The Morgan fingerprint density at radius 1 is 1.37 bits per heavy atom. The summed E-state index contributed by atoms with van der Waals surface area (Å²) in [5.74, 6) is 0.859. The van der Waals surface area contributed by atoms with E-state index in [2.05, 4.69) is 36.4 Å². The van der Waals surface area contributed by atoms with E-state index in [0.717, 1.165) is 17.0 Å². The Hall–Kier alpha value is -1.52. The van der Waals surface area contributed by atoms with Crippen LogP contribution >= 0.6 is 11.3 Å². The lowest BCUT2D eigenvalue weighted by Crippen LogP contribution is -2.22. The van der Waals surface area contributed by atoms with Crippen molar-refractivity contribution < 1.29 is 4.74 Å². The Labute approximate surface area is 118 Å². The van der Waals surface area contributed by atoms with E-state index in [4.69, 9.17) is 10.5 Å². The molecule has 2 aromatic rings. The van der Waals surface area contributed by atoms with Gasteiger partial charge >= 0.3 is 0 Å². The first-order valence-electron chi connectivity index (χ1n) is 6.30. The molecule has 0 aliphatic rings. The number of methoxy groups -OCH3 is 1. The molecule has 0 aliphatic heterocycles. The van der Waals surface area contributed by atoms with Crippen LogP contribution in [0.25, 0.3) is 0 Å². The highest BCUT2D eigenvalue weighted by Crippen LogP contribution is 2.32. The van der Waals surface area contributed by atoms with Gasteiger partial charge in [0.15, 0.2) is 0 Å². The molecular weight excluding hydrogens is 256 g/mol. The molecule has 0 amide bonds. The first-order chi connectivity index (χ1) is 9.17. The standard InChI is InChI=1S/C15H20N2OS/c1-11(15-5-4-8-19-15)17(2)14-9-13(18-3)7-6-12(14)10-16/h4-9,11H,10,16H2,1-3H3. The molecule has 0 saturated carbocycles. The van der Waals surface area contributed by atoms with Crippen molar-refractivity contribution in [1.82, 2.24) is 0 Å². The fourth-order valence-corrected chi connectivity index (χ4v) is 2.93. The molecule has 0 radical (unpaired) electrons. The van der Waals surface area contributed by atoms with Crippen LogP contribution in [0.15, 0.2) is 35.7 Å². The molecule has 1 heterocycles. The van der Waals surface area contributed by atoms with Crippen molar-refractivity contribution in [2.75, 3.05) is 19.1 Å². The summed E-state index contributed by atoms with van der Waals surface area (Å²) in [4.78, 5) is 3.59. The van der Waals surface area contributed by atoms with Crippen LogP contribution in [0, 0.1) is 0 Å². The summed E-state index contributed by atoms with van der Waals surface area (Å²) in [7, 11) is 3.78. The third-order valence-electron chi connectivity index (χ3n) is 3.43. The van der Waals surface area contributed by atoms with Gasteiger partial charge < -0.3 is 15.4 Å². The van der Waals surface area contributed by atoms with E-state index < -0.39 is 0 Å². The molecule has 1 unspecified atom stereocenters. The van der Waals surface area contributed by atoms with Gasteiger partial charge in [-0.2, -0.15) is 0 Å². The van der Waals surface area contributed by atoms with Gasteiger partial charge in [0.1, 0.15) is 5.75 Å². The zero-order chi connectivity index (χ0) is 13.8. The summed E-state index contributed by atoms with van der Waals surface area (Å²) >= 11 is 1.77. The van der Waals surface area contributed by atoms with E-state index in [-0.39, 0.29) is 0 Å². The quantitative estimate of drug-likeness (QED) is 0.909. The van der Waals surface area contributed by atoms with Crippen LogP contribution in [0.4, 0.5) is 5.69 Å². The molecule has 0 spiro atoms. The van der Waals surface area contributed by atoms with Crippen molar-refractivity contribution >= 4 is 17.0 Å². The monoisotopic (exact) mass is 276 g/mol. The Bertz CT molecular complexity index is 525. The van der Waals surface area contributed by atoms with E-state index in [0.29, 0.717) is 12.6 Å². The van der Waals surface area contributed by atoms with Crippen molar-refractivity contribution in [3.8, 4) is 5.75 Å². The van der Waals surface area contributed by atoms with Gasteiger partial charge in [-0.25, -0.2) is 0 Å². The van der Waals surface area contributed by atoms with E-state index in [1.54, 1.807) is 18.4 Å². The van der Waals surface area contributed by atoms with Crippen molar-refractivity contribution in [2.24, 2.45) is 5.73 Å². The van der Waals surface area contributed by atoms with Crippen molar-refractivity contribution in [2.45, 2.75) is 19.5 Å². The van der Waals surface area contributed by atoms with Crippen molar-refractivity contribution in [3.63, 3.8) is 0 Å². The van der Waals surface area contributed by atoms with Crippen molar-refractivity contribution in [1.29, 1.82) is 0 Å². The Morgan fingerprint density at radius 2 is 2.16 bits per heavy atom. The minimum absolute atomic E-state index is 0.317. The summed E-state index contributed by atoms with van der Waals surface area (Å²) in [5, 5.41) is 2.11. The first-order valence-corrected chi connectivity index (χ1v) is 7.18. The fourth-order valence-electron chi connectivity index (χ4n) is 2.10. The number of thiophene rings is 1. The lowest BCUT2D eigenvalue weighted by atomic mass is 10.1. The molecule has 0 aliphatic carbocycles. The number of nitrogens with zero attached hydrogens (tertiary/aromatic N) is 1. The molecule has 102 valence electrons. The Balaban J connectivity index is 2.34. The topological polar surface area (TPSA) is 38.5 Å². The molecule has 4 heteroatoms. The SMILES string of the molecule is COc1ccc(CN)c(N(C)C(C)c2cccs2)c1. The fraction of sp³-hybridized carbons (Fsp3) is 0.333. The van der Waals surface area contributed by atoms with Gasteiger partial charge in [0.05, 0.1) is 13.2 Å². The van der Waals surface area contributed by atoms with Gasteiger partial charge in [-0.1, -0.05) is 12.1 Å². The van der Waals surface area contributed by atoms with Crippen LogP contribution in [0.1, 0.15) is 23.4 Å². The second kappa shape index (κ2) is 6.08. The molecule has 0 saturated heterocycles. The predicted octanol–water partition coefficient (Wildman–Crippen LogP) is 3.41. The molecule has 0 fully saturated rings. The number of hydrogen-bond donors (Lipinski definition) is 1. The maximum absolute atomic E-state index is 5.83. The molecule has 19 heavy (non-hydrogen) atoms. The summed E-state index contributed by atoms with van der Waals surface area (Å²) < 4.78 is 5.31. The van der Waals surface area contributed by atoms with Crippen LogP contribution in [0.3, 0.4) is 0 Å². The first kappa shape index (κ1) is 13.9. The minimum atomic E-state index is 0.317. The second-order valence-electron chi connectivity index (χ2n) is 4.50. The van der Waals surface area contributed by atoms with Crippen molar-refractivity contribution in [3.05, 3.63) is 46.2 Å². The van der Waals surface area contributed by atoms with Gasteiger partial charge in [-0.15, -0.1) is 11.3 Å². The van der Waals surface area contributed by atoms with Crippen LogP contribution in [-0.2, 0) is 6.54 Å². The summed E-state index contributed by atoms with van der Waals surface area (Å²) in [6, 6.07) is 10.6. The number of anilines is 1. The van der Waals surface area contributed by atoms with Crippen LogP contribution in [0.5, 0.6) is 5.75 Å². The normalized spacial score (nSPS) is 12.2. The lowest BCUT2D eigenvalue weighted by Gasteiger charge is -2.28. The molecule has 2 rings (SSSR count). The number of rotatable bonds is 5. The highest BCUT2D eigenvalue weighted by Gasteiger charge is 2.16. The summed E-state index contributed by atoms with van der Waals surface area (Å²) in [6.07, 6.45) is 0. The van der Waals surface area contributed by atoms with Crippen LogP contribution < -0.4 is 15.4 Å². The van der Waals surface area contributed by atoms with E-state index >= 15 is 0 Å². The number of hydrogen-bond acceptors (Lipinski definition) is 4. The van der Waals surface area contributed by atoms with Crippen LogP contribution in [0.2, 0.25) is 0 Å². The van der Waals surface area contributed by atoms with Gasteiger partial charge in [0.25, 0.3) is 0 Å². The zero-order valence-corrected chi connectivity index (χ0v) is 12.4. The van der Waals surface area contributed by atoms with E-state index in [9.17, 15) is 0 Å². The number of ether oxygens (including phenoxy) is 1. The van der Waals surface area contributed by atoms with Gasteiger partial charge in [0.2, 0.25) is 0 Å². The largest absolute Gasteiger partial charge is 0.497 e. The van der Waals surface area contributed by atoms with Crippen LogP contribution in [-0.4, -0.2) is 14.2 Å². The average molecular weight is 276 g/mol. The second-order valence-corrected chi connectivity index (χ2v) is 5.48. The molecule has 3 nitrogen and oxygen atoms in total. The molecule has 2 N–H and O–H groups in total. The molecule has 0 bridgehead atoms. The Kier molecular flexibility index (Phi) is 4.45. The third kappa shape index (κ3) is 2.91. The van der Waals surface area contributed by atoms with Gasteiger partial charge in [-0.3, -0.25) is 0 Å². The molecule has 1 aromatic carbocycles. The smallest absolute Gasteiger partial charge is 0.120 e. The molecule has 1 atom stereocenters. The highest BCUT2D eigenvalue weighted by molar-refractivity contribution is 7.10. The maximum atomic E-state index is 5.83. The molecule has 1 aromatic heterocycles. The minimum Gasteiger partial charge on any atom is -0.497 e. The zero-order valence-electron chi connectivity index (χ0n) is 11.6. The maximum Gasteiger partial charge on any atom is 0.120 e. The van der Waals surface area contributed by atoms with E-state index in [1.165, 1.54) is 4.88 Å². The van der Waals surface area contributed by atoms with E-state index in [1.807, 2.05) is 18.2 Å². The Morgan fingerprint density at radius 3 is 2.74 bits per heavy atom. The molecular formula is C15H20N2OS. The third-order valence-corrected chi connectivity index (χ3v) is 4.47. The average Bonchev–Trinajstić information content (AvgIpc) is 2.99.